The third-order valence-electron chi connectivity index (χ3n) is 2.59. The molecular weight excluding hydrogens is 274 g/mol. The smallest absolute Gasteiger partial charge is 0.266 e. The van der Waals surface area contributed by atoms with E-state index in [2.05, 4.69) is 15.5 Å². The standard InChI is InChI=1S/C14H17N3O2S/c1-9(2)13-16-17-14(20-13)15-12(18)10(3)19-11-7-5-4-6-8-11/h4-10H,1-3H3,(H,15,17,18)/t10-/m1/s1. The molecule has 20 heavy (non-hydrogen) atoms. The fraction of sp³-hybridized carbons (Fsp3) is 0.357. The molecule has 106 valence electrons. The van der Waals surface area contributed by atoms with Crippen LogP contribution >= 0.6 is 11.3 Å². The van der Waals surface area contributed by atoms with Crippen LogP contribution in [0.25, 0.3) is 0 Å². The van der Waals surface area contributed by atoms with Gasteiger partial charge < -0.3 is 4.74 Å². The molecule has 0 aliphatic heterocycles. The fourth-order valence-corrected chi connectivity index (χ4v) is 2.23. The van der Waals surface area contributed by atoms with Gasteiger partial charge >= 0.3 is 0 Å². The number of amides is 1. The summed E-state index contributed by atoms with van der Waals surface area (Å²) in [5.41, 5.74) is 0. The van der Waals surface area contributed by atoms with Crippen molar-refractivity contribution in [3.63, 3.8) is 0 Å². The second-order valence-electron chi connectivity index (χ2n) is 4.66. The normalized spacial score (nSPS) is 12.2. The molecule has 0 bridgehead atoms. The summed E-state index contributed by atoms with van der Waals surface area (Å²) in [6.45, 7) is 5.77. The predicted molar refractivity (Wildman–Crippen MR) is 79.2 cm³/mol. The van der Waals surface area contributed by atoms with Crippen LogP contribution in [0.2, 0.25) is 0 Å². The first-order valence-corrected chi connectivity index (χ1v) is 7.24. The lowest BCUT2D eigenvalue weighted by Gasteiger charge is -2.13. The highest BCUT2D eigenvalue weighted by molar-refractivity contribution is 7.15. The molecule has 1 amide bonds. The quantitative estimate of drug-likeness (QED) is 0.919. The average molecular weight is 291 g/mol. The number of hydrogen-bond acceptors (Lipinski definition) is 5. The minimum Gasteiger partial charge on any atom is -0.481 e. The van der Waals surface area contributed by atoms with Crippen molar-refractivity contribution in [3.05, 3.63) is 35.3 Å². The third kappa shape index (κ3) is 3.77. The van der Waals surface area contributed by atoms with Gasteiger partial charge in [-0.1, -0.05) is 43.4 Å². The number of anilines is 1. The van der Waals surface area contributed by atoms with E-state index in [0.29, 0.717) is 16.8 Å². The zero-order valence-corrected chi connectivity index (χ0v) is 12.5. The van der Waals surface area contributed by atoms with E-state index in [1.54, 1.807) is 6.92 Å². The Labute approximate surface area is 122 Å². The molecule has 1 N–H and O–H groups in total. The van der Waals surface area contributed by atoms with Crippen LogP contribution < -0.4 is 10.1 Å². The second kappa shape index (κ2) is 6.47. The zero-order valence-electron chi connectivity index (χ0n) is 11.7. The van der Waals surface area contributed by atoms with Crippen LogP contribution in [0.15, 0.2) is 30.3 Å². The van der Waals surface area contributed by atoms with Crippen LogP contribution in [0.4, 0.5) is 5.13 Å². The van der Waals surface area contributed by atoms with Gasteiger partial charge in [-0.05, 0) is 19.1 Å². The number of rotatable bonds is 5. The largest absolute Gasteiger partial charge is 0.481 e. The molecule has 2 rings (SSSR count). The van der Waals surface area contributed by atoms with E-state index in [-0.39, 0.29) is 5.91 Å². The molecule has 0 spiro atoms. The van der Waals surface area contributed by atoms with Crippen molar-refractivity contribution in [1.82, 2.24) is 10.2 Å². The molecule has 0 fully saturated rings. The maximum Gasteiger partial charge on any atom is 0.266 e. The highest BCUT2D eigenvalue weighted by Crippen LogP contribution is 2.22. The van der Waals surface area contributed by atoms with Crippen molar-refractivity contribution in [1.29, 1.82) is 0 Å². The zero-order chi connectivity index (χ0) is 14.5. The summed E-state index contributed by atoms with van der Waals surface area (Å²) in [5.74, 6) is 0.728. The number of hydrogen-bond donors (Lipinski definition) is 1. The molecule has 1 aromatic heterocycles. The van der Waals surface area contributed by atoms with Crippen molar-refractivity contribution in [2.45, 2.75) is 32.8 Å². The third-order valence-corrected chi connectivity index (χ3v) is 3.73. The molecule has 0 unspecified atom stereocenters. The highest BCUT2D eigenvalue weighted by Gasteiger charge is 2.17. The summed E-state index contributed by atoms with van der Waals surface area (Å²) in [5, 5.41) is 12.1. The van der Waals surface area contributed by atoms with Gasteiger partial charge in [0.2, 0.25) is 5.13 Å². The van der Waals surface area contributed by atoms with E-state index in [0.717, 1.165) is 5.01 Å². The van der Waals surface area contributed by atoms with Gasteiger partial charge in [-0.25, -0.2) is 0 Å². The van der Waals surface area contributed by atoms with E-state index in [1.165, 1.54) is 11.3 Å². The number of benzene rings is 1. The SMILES string of the molecule is CC(C)c1nnc(NC(=O)[C@@H](C)Oc2ccccc2)s1. The summed E-state index contributed by atoms with van der Waals surface area (Å²) < 4.78 is 5.55. The topological polar surface area (TPSA) is 64.1 Å². The van der Waals surface area contributed by atoms with Crippen molar-refractivity contribution in [2.24, 2.45) is 0 Å². The minimum absolute atomic E-state index is 0.236. The van der Waals surface area contributed by atoms with Crippen LogP contribution in [0, 0.1) is 0 Å². The van der Waals surface area contributed by atoms with Crippen LogP contribution in [0.1, 0.15) is 31.7 Å². The van der Waals surface area contributed by atoms with E-state index in [4.69, 9.17) is 4.74 Å². The molecule has 0 saturated heterocycles. The number of para-hydroxylation sites is 1. The molecule has 5 nitrogen and oxygen atoms in total. The van der Waals surface area contributed by atoms with E-state index < -0.39 is 6.10 Å². The van der Waals surface area contributed by atoms with Gasteiger partial charge in [0.1, 0.15) is 10.8 Å². The minimum atomic E-state index is -0.594. The summed E-state index contributed by atoms with van der Waals surface area (Å²) >= 11 is 1.38. The Kier molecular flexibility index (Phi) is 4.68. The van der Waals surface area contributed by atoms with Crippen LogP contribution in [0.3, 0.4) is 0 Å². The number of nitrogens with one attached hydrogen (secondary N) is 1. The number of aromatic nitrogens is 2. The summed E-state index contributed by atoms with van der Waals surface area (Å²) in [7, 11) is 0. The fourth-order valence-electron chi connectivity index (χ4n) is 1.48. The molecular formula is C14H17N3O2S. The molecule has 0 saturated carbocycles. The molecule has 1 heterocycles. The van der Waals surface area contributed by atoms with Crippen molar-refractivity contribution >= 4 is 22.4 Å². The monoisotopic (exact) mass is 291 g/mol. The van der Waals surface area contributed by atoms with Crippen LogP contribution in [-0.4, -0.2) is 22.2 Å². The number of nitrogens with zero attached hydrogens (tertiary/aromatic N) is 2. The Hall–Kier alpha value is -1.95. The molecule has 1 atom stereocenters. The summed E-state index contributed by atoms with van der Waals surface area (Å²) in [6.07, 6.45) is -0.594. The van der Waals surface area contributed by atoms with Gasteiger partial charge in [-0.15, -0.1) is 10.2 Å². The maximum absolute atomic E-state index is 12.0. The molecule has 2 aromatic rings. The van der Waals surface area contributed by atoms with Gasteiger partial charge in [-0.3, -0.25) is 10.1 Å². The lowest BCUT2D eigenvalue weighted by Crippen LogP contribution is -2.30. The first kappa shape index (κ1) is 14.5. The lowest BCUT2D eigenvalue weighted by molar-refractivity contribution is -0.122. The number of carbonyl (C=O) groups excluding carboxylic acids is 1. The Balaban J connectivity index is 1.93. The summed E-state index contributed by atoms with van der Waals surface area (Å²) in [6, 6.07) is 9.24. The highest BCUT2D eigenvalue weighted by atomic mass is 32.1. The van der Waals surface area contributed by atoms with E-state index in [9.17, 15) is 4.79 Å². The average Bonchev–Trinajstić information content (AvgIpc) is 2.88. The molecule has 0 aliphatic rings. The first-order valence-electron chi connectivity index (χ1n) is 6.42. The Morgan fingerprint density at radius 3 is 2.50 bits per heavy atom. The number of carbonyl (C=O) groups is 1. The van der Waals surface area contributed by atoms with E-state index >= 15 is 0 Å². The Morgan fingerprint density at radius 1 is 1.20 bits per heavy atom. The van der Waals surface area contributed by atoms with Gasteiger partial charge in [0.25, 0.3) is 5.91 Å². The number of ether oxygens (including phenoxy) is 1. The maximum atomic E-state index is 12.0. The molecule has 0 aliphatic carbocycles. The first-order chi connectivity index (χ1) is 9.56. The van der Waals surface area contributed by atoms with Crippen molar-refractivity contribution < 1.29 is 9.53 Å². The lowest BCUT2D eigenvalue weighted by atomic mass is 10.2. The van der Waals surface area contributed by atoms with Crippen molar-refractivity contribution in [2.75, 3.05) is 5.32 Å². The van der Waals surface area contributed by atoms with Crippen molar-refractivity contribution in [3.8, 4) is 5.75 Å². The van der Waals surface area contributed by atoms with Gasteiger partial charge in [0.05, 0.1) is 0 Å². The van der Waals surface area contributed by atoms with Gasteiger partial charge in [-0.2, -0.15) is 0 Å². The van der Waals surface area contributed by atoms with Crippen LogP contribution in [0.5, 0.6) is 5.75 Å². The van der Waals surface area contributed by atoms with Crippen LogP contribution in [-0.2, 0) is 4.79 Å². The Bertz CT molecular complexity index is 569. The Morgan fingerprint density at radius 2 is 1.90 bits per heavy atom. The predicted octanol–water partition coefficient (Wildman–Crippen LogP) is 3.07. The molecule has 6 heteroatoms. The van der Waals surface area contributed by atoms with E-state index in [1.807, 2.05) is 44.2 Å². The molecule has 0 radical (unpaired) electrons. The molecule has 1 aromatic carbocycles. The van der Waals surface area contributed by atoms with Gasteiger partial charge in [0, 0.05) is 5.92 Å². The summed E-state index contributed by atoms with van der Waals surface area (Å²) in [4.78, 5) is 12.0. The van der Waals surface area contributed by atoms with Gasteiger partial charge in [0.15, 0.2) is 6.10 Å². The second-order valence-corrected chi connectivity index (χ2v) is 5.67.